The van der Waals surface area contributed by atoms with Crippen LogP contribution in [0.15, 0.2) is 29.2 Å². The second-order valence-electron chi connectivity index (χ2n) is 6.48. The third-order valence-electron chi connectivity index (χ3n) is 4.61. The van der Waals surface area contributed by atoms with E-state index in [1.807, 2.05) is 18.2 Å². The summed E-state index contributed by atoms with van der Waals surface area (Å²) in [5, 5.41) is 3.31. The van der Waals surface area contributed by atoms with Crippen LogP contribution in [0.2, 0.25) is 0 Å². The zero-order chi connectivity index (χ0) is 21.7. The summed E-state index contributed by atoms with van der Waals surface area (Å²) < 4.78 is 10.0. The Bertz CT molecular complexity index is 957. The molecule has 160 valence electrons. The van der Waals surface area contributed by atoms with Crippen molar-refractivity contribution >= 4 is 46.1 Å². The number of methoxy groups -OCH3 is 1. The molecule has 0 atom stereocenters. The van der Waals surface area contributed by atoms with Crippen LogP contribution in [0.5, 0.6) is 0 Å². The number of thioether (sulfide) groups is 1. The Labute approximate surface area is 183 Å². The van der Waals surface area contributed by atoms with E-state index in [-0.39, 0.29) is 12.0 Å². The molecule has 0 bridgehead atoms. The van der Waals surface area contributed by atoms with Crippen molar-refractivity contribution in [1.82, 2.24) is 4.90 Å². The number of rotatable bonds is 6. The lowest BCUT2D eigenvalue weighted by atomic mass is 10.0. The molecule has 1 N–H and O–H groups in total. The molecule has 1 aliphatic heterocycles. The van der Waals surface area contributed by atoms with Crippen LogP contribution in [-0.4, -0.2) is 48.9 Å². The van der Waals surface area contributed by atoms with E-state index in [4.69, 9.17) is 9.47 Å². The first-order chi connectivity index (χ1) is 14.5. The van der Waals surface area contributed by atoms with Crippen LogP contribution < -0.4 is 5.32 Å². The van der Waals surface area contributed by atoms with Gasteiger partial charge in [-0.1, -0.05) is 13.0 Å². The maximum atomic E-state index is 12.9. The first-order valence-corrected chi connectivity index (χ1v) is 11.5. The van der Waals surface area contributed by atoms with Crippen molar-refractivity contribution in [2.45, 2.75) is 31.7 Å². The summed E-state index contributed by atoms with van der Waals surface area (Å²) in [6.07, 6.45) is 0.111. The number of esters is 1. The highest BCUT2D eigenvalue weighted by molar-refractivity contribution is 7.99. The second-order valence-corrected chi connectivity index (χ2v) is 8.93. The van der Waals surface area contributed by atoms with Gasteiger partial charge in [-0.3, -0.25) is 4.79 Å². The van der Waals surface area contributed by atoms with Crippen LogP contribution in [0.3, 0.4) is 0 Å². The van der Waals surface area contributed by atoms with Gasteiger partial charge in [-0.15, -0.1) is 23.1 Å². The molecule has 1 aliphatic rings. The van der Waals surface area contributed by atoms with Gasteiger partial charge in [-0.25, -0.2) is 9.59 Å². The lowest BCUT2D eigenvalue weighted by Gasteiger charge is -2.26. The van der Waals surface area contributed by atoms with Gasteiger partial charge in [0, 0.05) is 21.9 Å². The number of ether oxygens (including phenoxy) is 2. The molecule has 0 unspecified atom stereocenters. The average molecular weight is 449 g/mol. The number of nitrogens with one attached hydrogen (secondary N) is 1. The van der Waals surface area contributed by atoms with Crippen LogP contribution in [0, 0.1) is 0 Å². The summed E-state index contributed by atoms with van der Waals surface area (Å²) in [6.45, 7) is 4.89. The molecular formula is C21H24N2O5S2. The van der Waals surface area contributed by atoms with E-state index in [1.54, 1.807) is 29.7 Å². The van der Waals surface area contributed by atoms with Crippen LogP contribution in [0.4, 0.5) is 9.80 Å². The number of carbonyl (C=O) groups is 3. The SMILES string of the molecule is CCOC(=O)N1CCc2c(sc(NC(=O)c3cccc(SCC)c3)c2C(=O)OC)C1. The first kappa shape index (κ1) is 22.2. The highest BCUT2D eigenvalue weighted by Crippen LogP contribution is 2.38. The van der Waals surface area contributed by atoms with Gasteiger partial charge in [0.15, 0.2) is 0 Å². The molecule has 7 nitrogen and oxygen atoms in total. The third-order valence-corrected chi connectivity index (χ3v) is 6.61. The number of carbonyl (C=O) groups excluding carboxylic acids is 3. The number of amides is 2. The highest BCUT2D eigenvalue weighted by atomic mass is 32.2. The molecule has 0 spiro atoms. The van der Waals surface area contributed by atoms with Gasteiger partial charge in [0.25, 0.3) is 5.91 Å². The standard InChI is InChI=1S/C21H24N2O5S2/c1-4-28-21(26)23-10-9-15-16(12-23)30-19(17(15)20(25)27-3)22-18(24)13-7-6-8-14(11-13)29-5-2/h6-8,11H,4-5,9-10,12H2,1-3H3,(H,22,24). The summed E-state index contributed by atoms with van der Waals surface area (Å²) in [6, 6.07) is 7.36. The van der Waals surface area contributed by atoms with Crippen LogP contribution >= 0.6 is 23.1 Å². The number of anilines is 1. The van der Waals surface area contributed by atoms with E-state index >= 15 is 0 Å². The van der Waals surface area contributed by atoms with E-state index in [1.165, 1.54) is 18.4 Å². The largest absolute Gasteiger partial charge is 0.465 e. The molecule has 3 rings (SSSR count). The summed E-state index contributed by atoms with van der Waals surface area (Å²) in [4.78, 5) is 40.9. The van der Waals surface area contributed by atoms with Crippen molar-refractivity contribution in [3.63, 3.8) is 0 Å². The Morgan fingerprint density at radius 3 is 2.77 bits per heavy atom. The minimum atomic E-state index is -0.498. The van der Waals surface area contributed by atoms with Gasteiger partial charge in [0.1, 0.15) is 5.00 Å². The Morgan fingerprint density at radius 2 is 2.07 bits per heavy atom. The van der Waals surface area contributed by atoms with Crippen molar-refractivity contribution in [3.8, 4) is 0 Å². The van der Waals surface area contributed by atoms with E-state index in [2.05, 4.69) is 12.2 Å². The fourth-order valence-electron chi connectivity index (χ4n) is 3.25. The minimum absolute atomic E-state index is 0.292. The number of nitrogens with zero attached hydrogens (tertiary/aromatic N) is 1. The Kier molecular flexibility index (Phi) is 7.38. The van der Waals surface area contributed by atoms with Crippen LogP contribution in [0.25, 0.3) is 0 Å². The maximum Gasteiger partial charge on any atom is 0.410 e. The zero-order valence-corrected chi connectivity index (χ0v) is 18.8. The molecule has 0 radical (unpaired) electrons. The van der Waals surface area contributed by atoms with Gasteiger partial charge < -0.3 is 19.7 Å². The van der Waals surface area contributed by atoms with Crippen LogP contribution in [0.1, 0.15) is 45.0 Å². The molecule has 2 heterocycles. The Morgan fingerprint density at radius 1 is 1.27 bits per heavy atom. The predicted octanol–water partition coefficient (Wildman–Crippen LogP) is 4.41. The van der Waals surface area contributed by atoms with Crippen molar-refractivity contribution in [2.75, 3.05) is 31.3 Å². The van der Waals surface area contributed by atoms with Crippen molar-refractivity contribution < 1.29 is 23.9 Å². The quantitative estimate of drug-likeness (QED) is 0.520. The molecular weight excluding hydrogens is 424 g/mol. The van der Waals surface area contributed by atoms with Crippen molar-refractivity contribution in [3.05, 3.63) is 45.8 Å². The third kappa shape index (κ3) is 4.79. The predicted molar refractivity (Wildman–Crippen MR) is 118 cm³/mol. The second kappa shape index (κ2) is 9.99. The van der Waals surface area contributed by atoms with Crippen molar-refractivity contribution in [2.24, 2.45) is 0 Å². The smallest absolute Gasteiger partial charge is 0.410 e. The van der Waals surface area contributed by atoms with E-state index in [0.29, 0.717) is 42.2 Å². The maximum absolute atomic E-state index is 12.9. The molecule has 0 fully saturated rings. The summed E-state index contributed by atoms with van der Waals surface area (Å²) in [5.74, 6) is 0.119. The number of thiophene rings is 1. The van der Waals surface area contributed by atoms with Crippen LogP contribution in [-0.2, 0) is 22.4 Å². The Hall–Kier alpha value is -2.52. The van der Waals surface area contributed by atoms with Gasteiger partial charge in [-0.05, 0) is 42.9 Å². The fourth-order valence-corrected chi connectivity index (χ4v) is 5.21. The molecule has 30 heavy (non-hydrogen) atoms. The van der Waals surface area contributed by atoms with Gasteiger partial charge in [0.05, 0.1) is 25.8 Å². The molecule has 1 aromatic carbocycles. The van der Waals surface area contributed by atoms with E-state index in [0.717, 1.165) is 21.1 Å². The summed E-state index contributed by atoms with van der Waals surface area (Å²) >= 11 is 2.95. The fraction of sp³-hybridized carbons (Fsp3) is 0.381. The monoisotopic (exact) mass is 448 g/mol. The number of fused-ring (bicyclic) bond motifs is 1. The topological polar surface area (TPSA) is 84.9 Å². The van der Waals surface area contributed by atoms with Gasteiger partial charge in [0.2, 0.25) is 0 Å². The summed E-state index contributed by atoms with van der Waals surface area (Å²) in [5.41, 5.74) is 1.70. The molecule has 2 aromatic rings. The van der Waals surface area contributed by atoms with Gasteiger partial charge in [-0.2, -0.15) is 0 Å². The van der Waals surface area contributed by atoms with E-state index < -0.39 is 5.97 Å². The van der Waals surface area contributed by atoms with E-state index in [9.17, 15) is 14.4 Å². The number of hydrogen-bond donors (Lipinski definition) is 1. The lowest BCUT2D eigenvalue weighted by Crippen LogP contribution is -2.36. The molecule has 0 saturated heterocycles. The lowest BCUT2D eigenvalue weighted by molar-refractivity contribution is 0.0600. The Balaban J connectivity index is 1.88. The first-order valence-electron chi connectivity index (χ1n) is 9.67. The van der Waals surface area contributed by atoms with Gasteiger partial charge >= 0.3 is 12.1 Å². The number of hydrogen-bond acceptors (Lipinski definition) is 7. The molecule has 1 aromatic heterocycles. The van der Waals surface area contributed by atoms with Crippen molar-refractivity contribution in [1.29, 1.82) is 0 Å². The molecule has 9 heteroatoms. The average Bonchev–Trinajstić information content (AvgIpc) is 3.10. The molecule has 0 aliphatic carbocycles. The highest BCUT2D eigenvalue weighted by Gasteiger charge is 2.31. The zero-order valence-electron chi connectivity index (χ0n) is 17.1. The summed E-state index contributed by atoms with van der Waals surface area (Å²) in [7, 11) is 1.32. The number of benzene rings is 1. The molecule has 2 amide bonds. The normalized spacial score (nSPS) is 12.8. The minimum Gasteiger partial charge on any atom is -0.465 e. The molecule has 0 saturated carbocycles.